The molecule has 0 spiro atoms. The molecule has 9 nitrogen and oxygen atoms in total. The molecule has 2 N–H and O–H groups in total. The highest BCUT2D eigenvalue weighted by atomic mass is 16.3. The quantitative estimate of drug-likeness (QED) is 0.758. The van der Waals surface area contributed by atoms with Crippen molar-refractivity contribution in [3.05, 3.63) is 36.3 Å². The topological polar surface area (TPSA) is 122 Å². The molecule has 2 aromatic heterocycles. The monoisotopic (exact) mass is 313 g/mol. The van der Waals surface area contributed by atoms with Gasteiger partial charge in [0.15, 0.2) is 11.5 Å². The summed E-state index contributed by atoms with van der Waals surface area (Å²) in [6.07, 6.45) is 5.09. The van der Waals surface area contributed by atoms with Gasteiger partial charge in [0.05, 0.1) is 18.6 Å². The fourth-order valence-corrected chi connectivity index (χ4v) is 2.55. The van der Waals surface area contributed by atoms with E-state index in [-0.39, 0.29) is 24.7 Å². The molecule has 3 rings (SSSR count). The average Bonchev–Trinajstić information content (AvgIpc) is 3.04. The van der Waals surface area contributed by atoms with Crippen molar-refractivity contribution in [2.75, 3.05) is 31.1 Å². The van der Waals surface area contributed by atoms with Crippen molar-refractivity contribution in [3.63, 3.8) is 0 Å². The first-order valence-corrected chi connectivity index (χ1v) is 7.11. The van der Waals surface area contributed by atoms with Gasteiger partial charge in [-0.05, 0) is 0 Å². The van der Waals surface area contributed by atoms with Crippen LogP contribution in [0.1, 0.15) is 16.2 Å². The molecular weight excluding hydrogens is 298 g/mol. The van der Waals surface area contributed by atoms with Gasteiger partial charge in [0.2, 0.25) is 0 Å². The second-order valence-electron chi connectivity index (χ2n) is 5.16. The number of amides is 1. The van der Waals surface area contributed by atoms with E-state index < -0.39 is 6.10 Å². The minimum atomic E-state index is -0.752. The van der Waals surface area contributed by atoms with E-state index in [9.17, 15) is 9.90 Å². The maximum Gasteiger partial charge on any atom is 0.272 e. The van der Waals surface area contributed by atoms with Gasteiger partial charge < -0.3 is 19.9 Å². The summed E-state index contributed by atoms with van der Waals surface area (Å²) in [6.45, 7) is 1.33. The third-order valence-corrected chi connectivity index (χ3v) is 3.60. The maximum absolute atomic E-state index is 12.4. The third-order valence-electron chi connectivity index (χ3n) is 3.60. The number of anilines is 1. The number of imidazole rings is 1. The van der Waals surface area contributed by atoms with Crippen LogP contribution in [0.3, 0.4) is 0 Å². The number of carbonyl (C=O) groups excluding carboxylic acids is 1. The van der Waals surface area contributed by atoms with Gasteiger partial charge in [0, 0.05) is 38.6 Å². The molecule has 23 heavy (non-hydrogen) atoms. The second-order valence-corrected chi connectivity index (χ2v) is 5.16. The number of aliphatic hydroxyl groups excluding tert-OH is 1. The zero-order valence-corrected chi connectivity index (χ0v) is 12.3. The molecule has 1 saturated heterocycles. The minimum Gasteiger partial charge on any atom is -0.389 e. The standard InChI is InChI=1S/C14H15N7O2/c15-5-11-13(18-2-1-17-11)20-3-4-21(8-10(22)7-20)14(23)12-6-16-9-19-12/h1-2,6,9-10,22H,3-4,7-8H2,(H,16,19)/t10-/m1/s1. The number of rotatable bonds is 2. The largest absolute Gasteiger partial charge is 0.389 e. The van der Waals surface area contributed by atoms with Gasteiger partial charge in [-0.2, -0.15) is 5.26 Å². The van der Waals surface area contributed by atoms with Crippen molar-refractivity contribution >= 4 is 11.7 Å². The molecule has 1 aliphatic rings. The highest BCUT2D eigenvalue weighted by Gasteiger charge is 2.27. The molecule has 3 heterocycles. The van der Waals surface area contributed by atoms with Gasteiger partial charge in [-0.3, -0.25) is 4.79 Å². The highest BCUT2D eigenvalue weighted by Crippen LogP contribution is 2.17. The fraction of sp³-hybridized carbons (Fsp3) is 0.357. The molecule has 0 saturated carbocycles. The number of aromatic amines is 1. The van der Waals surface area contributed by atoms with Crippen LogP contribution in [0.25, 0.3) is 0 Å². The Labute approximate surface area is 132 Å². The molecule has 0 aliphatic carbocycles. The molecular formula is C14H15N7O2. The Morgan fingerprint density at radius 1 is 1.35 bits per heavy atom. The average molecular weight is 313 g/mol. The molecule has 2 aromatic rings. The summed E-state index contributed by atoms with van der Waals surface area (Å²) in [4.78, 5) is 30.5. The smallest absolute Gasteiger partial charge is 0.272 e. The van der Waals surface area contributed by atoms with Crippen LogP contribution < -0.4 is 4.90 Å². The van der Waals surface area contributed by atoms with Crippen molar-refractivity contribution in [2.24, 2.45) is 0 Å². The maximum atomic E-state index is 12.4. The lowest BCUT2D eigenvalue weighted by Crippen LogP contribution is -2.37. The number of β-amino-alcohol motifs (C(OH)–C–C–N with tert-alkyl or cyclic N) is 1. The number of nitrogens with one attached hydrogen (secondary N) is 1. The van der Waals surface area contributed by atoms with E-state index in [0.717, 1.165) is 0 Å². The van der Waals surface area contributed by atoms with Crippen molar-refractivity contribution < 1.29 is 9.90 Å². The van der Waals surface area contributed by atoms with Gasteiger partial charge in [-0.1, -0.05) is 0 Å². The van der Waals surface area contributed by atoms with Crippen LogP contribution in [-0.2, 0) is 0 Å². The summed E-state index contributed by atoms with van der Waals surface area (Å²) >= 11 is 0. The van der Waals surface area contributed by atoms with Crippen LogP contribution in [0.2, 0.25) is 0 Å². The van der Waals surface area contributed by atoms with E-state index in [4.69, 9.17) is 5.26 Å². The van der Waals surface area contributed by atoms with Crippen molar-refractivity contribution in [1.29, 1.82) is 5.26 Å². The summed E-state index contributed by atoms with van der Waals surface area (Å²) in [7, 11) is 0. The Hall–Kier alpha value is -2.99. The van der Waals surface area contributed by atoms with Gasteiger partial charge in [-0.15, -0.1) is 0 Å². The Balaban J connectivity index is 1.79. The first-order valence-electron chi connectivity index (χ1n) is 7.11. The van der Waals surface area contributed by atoms with Crippen LogP contribution >= 0.6 is 0 Å². The summed E-state index contributed by atoms with van der Waals surface area (Å²) in [5, 5.41) is 19.3. The lowest BCUT2D eigenvalue weighted by Gasteiger charge is -2.22. The summed E-state index contributed by atoms with van der Waals surface area (Å²) in [5.74, 6) is 0.202. The summed E-state index contributed by atoms with van der Waals surface area (Å²) in [6, 6.07) is 1.99. The van der Waals surface area contributed by atoms with E-state index in [2.05, 4.69) is 19.9 Å². The van der Waals surface area contributed by atoms with Crippen molar-refractivity contribution in [1.82, 2.24) is 24.8 Å². The van der Waals surface area contributed by atoms with Gasteiger partial charge in [0.25, 0.3) is 5.91 Å². The molecule has 0 unspecified atom stereocenters. The molecule has 0 bridgehead atoms. The molecule has 1 fully saturated rings. The number of aromatic nitrogens is 4. The SMILES string of the molecule is N#Cc1nccnc1N1CCN(C(=O)c2cnc[nH]2)C[C@H](O)C1. The number of H-pyrrole nitrogens is 1. The van der Waals surface area contributed by atoms with E-state index in [1.807, 2.05) is 6.07 Å². The fourth-order valence-electron chi connectivity index (χ4n) is 2.55. The van der Waals surface area contributed by atoms with Gasteiger partial charge >= 0.3 is 0 Å². The molecule has 9 heteroatoms. The summed E-state index contributed by atoms with van der Waals surface area (Å²) in [5.41, 5.74) is 0.580. The van der Waals surface area contributed by atoms with Crippen molar-refractivity contribution in [3.8, 4) is 6.07 Å². The van der Waals surface area contributed by atoms with E-state index in [0.29, 0.717) is 24.6 Å². The Bertz CT molecular complexity index is 725. The lowest BCUT2D eigenvalue weighted by atomic mass is 10.3. The molecule has 0 radical (unpaired) electrons. The first-order chi connectivity index (χ1) is 11.2. The third kappa shape index (κ3) is 3.12. The van der Waals surface area contributed by atoms with Crippen LogP contribution in [-0.4, -0.2) is 68.1 Å². The van der Waals surface area contributed by atoms with Crippen LogP contribution in [0, 0.1) is 11.3 Å². The highest BCUT2D eigenvalue weighted by molar-refractivity contribution is 5.92. The second kappa shape index (κ2) is 6.41. The molecule has 0 aromatic carbocycles. The zero-order valence-electron chi connectivity index (χ0n) is 12.3. The van der Waals surface area contributed by atoms with Crippen LogP contribution in [0.15, 0.2) is 24.9 Å². The predicted octanol–water partition coefficient (Wildman–Crippen LogP) is -0.605. The van der Waals surface area contributed by atoms with Gasteiger partial charge in [0.1, 0.15) is 11.8 Å². The van der Waals surface area contributed by atoms with E-state index in [1.165, 1.54) is 24.9 Å². The Morgan fingerprint density at radius 3 is 2.91 bits per heavy atom. The normalized spacial score (nSPS) is 18.3. The molecule has 1 aliphatic heterocycles. The first kappa shape index (κ1) is 14.9. The Morgan fingerprint density at radius 2 is 2.17 bits per heavy atom. The number of hydrogen-bond acceptors (Lipinski definition) is 7. The van der Waals surface area contributed by atoms with E-state index in [1.54, 1.807) is 9.80 Å². The number of nitriles is 1. The molecule has 118 valence electrons. The van der Waals surface area contributed by atoms with Crippen molar-refractivity contribution in [2.45, 2.75) is 6.10 Å². The number of carbonyl (C=O) groups is 1. The van der Waals surface area contributed by atoms with Crippen LogP contribution in [0.5, 0.6) is 0 Å². The number of aliphatic hydroxyl groups is 1. The number of nitrogens with zero attached hydrogens (tertiary/aromatic N) is 6. The predicted molar refractivity (Wildman–Crippen MR) is 79.5 cm³/mol. The van der Waals surface area contributed by atoms with Gasteiger partial charge in [-0.25, -0.2) is 15.0 Å². The van der Waals surface area contributed by atoms with E-state index >= 15 is 0 Å². The zero-order chi connectivity index (χ0) is 16.2. The number of hydrogen-bond donors (Lipinski definition) is 2. The molecule has 1 atom stereocenters. The Kier molecular flexibility index (Phi) is 4.16. The summed E-state index contributed by atoms with van der Waals surface area (Å²) < 4.78 is 0. The lowest BCUT2D eigenvalue weighted by molar-refractivity contribution is 0.0669. The van der Waals surface area contributed by atoms with Crippen LogP contribution in [0.4, 0.5) is 5.82 Å². The minimum absolute atomic E-state index is 0.202. The molecule has 1 amide bonds.